The van der Waals surface area contributed by atoms with Crippen LogP contribution in [0.4, 0.5) is 0 Å². The number of hydrogen-bond donors (Lipinski definition) is 0. The van der Waals surface area contributed by atoms with E-state index in [0.29, 0.717) is 30.1 Å². The summed E-state index contributed by atoms with van der Waals surface area (Å²) in [5.41, 5.74) is 1.39. The molecule has 1 aromatic carbocycles. The second-order valence-electron chi connectivity index (χ2n) is 3.54. The van der Waals surface area contributed by atoms with Crippen molar-refractivity contribution in [2.24, 2.45) is 0 Å². The Morgan fingerprint density at radius 3 is 2.78 bits per heavy atom. The van der Waals surface area contributed by atoms with Crippen molar-refractivity contribution in [2.45, 2.75) is 13.3 Å². The molecule has 94 valence electrons. The van der Waals surface area contributed by atoms with E-state index in [1.54, 1.807) is 18.2 Å². The molecule has 0 aliphatic carbocycles. The molecule has 18 heavy (non-hydrogen) atoms. The Hall–Kier alpha value is -2.21. The van der Waals surface area contributed by atoms with Gasteiger partial charge in [0.1, 0.15) is 12.9 Å². The third-order valence-corrected chi connectivity index (χ3v) is 2.25. The maximum Gasteiger partial charge on any atom is 0.166 e. The molecule has 0 fully saturated rings. The van der Waals surface area contributed by atoms with Gasteiger partial charge in [0.2, 0.25) is 0 Å². The molecular formula is C15H16O3. The highest BCUT2D eigenvalue weighted by molar-refractivity contribution is 5.77. The monoisotopic (exact) mass is 244 g/mol. The lowest BCUT2D eigenvalue weighted by Crippen LogP contribution is -2.03. The highest BCUT2D eigenvalue weighted by Crippen LogP contribution is 2.33. The first kappa shape index (κ1) is 13.9. The van der Waals surface area contributed by atoms with Crippen molar-refractivity contribution in [3.8, 4) is 23.8 Å². The molecule has 3 nitrogen and oxygen atoms in total. The summed E-state index contributed by atoms with van der Waals surface area (Å²) in [6.07, 6.45) is 8.29. The molecule has 0 amide bonds. The maximum absolute atomic E-state index is 10.9. The van der Waals surface area contributed by atoms with Gasteiger partial charge in [0.15, 0.2) is 11.5 Å². The van der Waals surface area contributed by atoms with Gasteiger partial charge < -0.3 is 9.47 Å². The number of ether oxygens (including phenoxy) is 2. The van der Waals surface area contributed by atoms with E-state index in [2.05, 4.69) is 12.5 Å². The van der Waals surface area contributed by atoms with Gasteiger partial charge in [-0.25, -0.2) is 0 Å². The number of aldehydes is 1. The Bertz CT molecular complexity index is 469. The van der Waals surface area contributed by atoms with Gasteiger partial charge >= 0.3 is 0 Å². The lowest BCUT2D eigenvalue weighted by atomic mass is 10.1. The minimum atomic E-state index is 0.157. The molecule has 0 aromatic heterocycles. The van der Waals surface area contributed by atoms with Gasteiger partial charge in [-0.2, -0.15) is 0 Å². The Morgan fingerprint density at radius 1 is 1.44 bits per heavy atom. The largest absolute Gasteiger partial charge is 0.490 e. The Labute approximate surface area is 107 Å². The fraction of sp³-hybridized carbons (Fsp3) is 0.267. The molecular weight excluding hydrogens is 228 g/mol. The van der Waals surface area contributed by atoms with Crippen molar-refractivity contribution in [2.75, 3.05) is 13.2 Å². The lowest BCUT2D eigenvalue weighted by molar-refractivity contribution is 0.112. The zero-order valence-electron chi connectivity index (χ0n) is 10.4. The molecule has 0 atom stereocenters. The fourth-order valence-corrected chi connectivity index (χ4v) is 1.60. The van der Waals surface area contributed by atoms with Crippen LogP contribution in [0.25, 0.3) is 0 Å². The van der Waals surface area contributed by atoms with Crippen molar-refractivity contribution < 1.29 is 14.3 Å². The SMILES string of the molecule is C#CCOc1c(CC=C)cc(C=O)cc1OCC. The van der Waals surface area contributed by atoms with E-state index in [0.717, 1.165) is 11.8 Å². The summed E-state index contributed by atoms with van der Waals surface area (Å²) in [6.45, 7) is 6.20. The molecule has 0 aliphatic heterocycles. The molecule has 0 spiro atoms. The zero-order valence-corrected chi connectivity index (χ0v) is 10.4. The van der Waals surface area contributed by atoms with E-state index in [1.807, 2.05) is 6.92 Å². The van der Waals surface area contributed by atoms with Crippen molar-refractivity contribution in [3.63, 3.8) is 0 Å². The summed E-state index contributed by atoms with van der Waals surface area (Å²) in [5, 5.41) is 0. The first-order valence-corrected chi connectivity index (χ1v) is 5.68. The van der Waals surface area contributed by atoms with Crippen LogP contribution in [0, 0.1) is 12.3 Å². The molecule has 0 N–H and O–H groups in total. The first-order chi connectivity index (χ1) is 8.76. The average molecular weight is 244 g/mol. The van der Waals surface area contributed by atoms with Gasteiger partial charge in [0.25, 0.3) is 0 Å². The van der Waals surface area contributed by atoms with Gasteiger partial charge in [0.05, 0.1) is 6.61 Å². The number of carbonyl (C=O) groups excluding carboxylic acids is 1. The highest BCUT2D eigenvalue weighted by atomic mass is 16.5. The van der Waals surface area contributed by atoms with Crippen LogP contribution in [-0.4, -0.2) is 19.5 Å². The number of terminal acetylenes is 1. The van der Waals surface area contributed by atoms with Crippen molar-refractivity contribution in [1.29, 1.82) is 0 Å². The smallest absolute Gasteiger partial charge is 0.166 e. The van der Waals surface area contributed by atoms with Crippen LogP contribution in [0.1, 0.15) is 22.8 Å². The van der Waals surface area contributed by atoms with Crippen molar-refractivity contribution in [1.82, 2.24) is 0 Å². The Balaban J connectivity index is 3.24. The van der Waals surface area contributed by atoms with E-state index < -0.39 is 0 Å². The van der Waals surface area contributed by atoms with Crippen LogP contribution in [0.3, 0.4) is 0 Å². The van der Waals surface area contributed by atoms with Gasteiger partial charge in [-0.05, 0) is 25.5 Å². The highest BCUT2D eigenvalue weighted by Gasteiger charge is 2.12. The quantitative estimate of drug-likeness (QED) is 0.420. The number of carbonyl (C=O) groups is 1. The molecule has 1 rings (SSSR count). The third kappa shape index (κ3) is 3.39. The van der Waals surface area contributed by atoms with Gasteiger partial charge in [0, 0.05) is 11.1 Å². The van der Waals surface area contributed by atoms with Crippen molar-refractivity contribution in [3.05, 3.63) is 35.9 Å². The summed E-state index contributed by atoms with van der Waals surface area (Å²) in [5.74, 6) is 3.53. The van der Waals surface area contributed by atoms with Crippen molar-refractivity contribution >= 4 is 6.29 Å². The second-order valence-corrected chi connectivity index (χ2v) is 3.54. The number of benzene rings is 1. The molecule has 0 radical (unpaired) electrons. The summed E-state index contributed by atoms with van der Waals surface area (Å²) in [6, 6.07) is 3.40. The minimum Gasteiger partial charge on any atom is -0.490 e. The van der Waals surface area contributed by atoms with Crippen LogP contribution in [-0.2, 0) is 6.42 Å². The van der Waals surface area contributed by atoms with E-state index in [4.69, 9.17) is 15.9 Å². The van der Waals surface area contributed by atoms with Crippen LogP contribution in [0.2, 0.25) is 0 Å². The zero-order chi connectivity index (χ0) is 13.4. The molecule has 0 bridgehead atoms. The summed E-state index contributed by atoms with van der Waals surface area (Å²) in [4.78, 5) is 10.9. The summed E-state index contributed by atoms with van der Waals surface area (Å²) < 4.78 is 11.0. The van der Waals surface area contributed by atoms with Crippen LogP contribution < -0.4 is 9.47 Å². The number of rotatable bonds is 7. The predicted molar refractivity (Wildman–Crippen MR) is 71.2 cm³/mol. The van der Waals surface area contributed by atoms with Gasteiger partial charge in [-0.15, -0.1) is 13.0 Å². The summed E-state index contributed by atoms with van der Waals surface area (Å²) >= 11 is 0. The Morgan fingerprint density at radius 2 is 2.22 bits per heavy atom. The van der Waals surface area contributed by atoms with Gasteiger partial charge in [-0.3, -0.25) is 4.79 Å². The predicted octanol–water partition coefficient (Wildman–Crippen LogP) is 2.64. The molecule has 0 saturated heterocycles. The minimum absolute atomic E-state index is 0.157. The molecule has 0 saturated carbocycles. The fourth-order valence-electron chi connectivity index (χ4n) is 1.60. The number of allylic oxidation sites excluding steroid dienone is 1. The normalized spacial score (nSPS) is 9.33. The van der Waals surface area contributed by atoms with E-state index in [-0.39, 0.29) is 6.61 Å². The summed E-state index contributed by atoms with van der Waals surface area (Å²) in [7, 11) is 0. The topological polar surface area (TPSA) is 35.5 Å². The third-order valence-electron chi connectivity index (χ3n) is 2.25. The van der Waals surface area contributed by atoms with Crippen LogP contribution in [0.15, 0.2) is 24.8 Å². The first-order valence-electron chi connectivity index (χ1n) is 5.68. The van der Waals surface area contributed by atoms with E-state index >= 15 is 0 Å². The average Bonchev–Trinajstić information content (AvgIpc) is 2.38. The molecule has 0 unspecified atom stereocenters. The molecule has 0 aliphatic rings. The van der Waals surface area contributed by atoms with Crippen LogP contribution >= 0.6 is 0 Å². The standard InChI is InChI=1S/C15H16O3/c1-4-7-13-9-12(11-16)10-14(17-6-3)15(13)18-8-5-2/h2,4,9-11H,1,6-8H2,3H3. The molecule has 1 aromatic rings. The second kappa shape index (κ2) is 7.18. The Kier molecular flexibility index (Phi) is 5.53. The van der Waals surface area contributed by atoms with E-state index in [1.165, 1.54) is 0 Å². The maximum atomic E-state index is 10.9. The molecule has 3 heteroatoms. The number of hydrogen-bond acceptors (Lipinski definition) is 3. The van der Waals surface area contributed by atoms with E-state index in [9.17, 15) is 4.79 Å². The van der Waals surface area contributed by atoms with Gasteiger partial charge in [-0.1, -0.05) is 12.0 Å². The van der Waals surface area contributed by atoms with Crippen LogP contribution in [0.5, 0.6) is 11.5 Å². The molecule has 0 heterocycles. The lowest BCUT2D eigenvalue weighted by Gasteiger charge is -2.15.